The van der Waals surface area contributed by atoms with Crippen molar-refractivity contribution in [2.24, 2.45) is 0 Å². The predicted octanol–water partition coefficient (Wildman–Crippen LogP) is 9.36. The Morgan fingerprint density at radius 3 is 1.86 bits per heavy atom. The topological polar surface area (TPSA) is 3.24 Å². The minimum atomic E-state index is -2.12. The van der Waals surface area contributed by atoms with Crippen molar-refractivity contribution < 1.29 is 0 Å². The predicted molar refractivity (Wildman–Crippen MR) is 183 cm³/mol. The van der Waals surface area contributed by atoms with Crippen LogP contribution in [0.25, 0.3) is 20.2 Å². The van der Waals surface area contributed by atoms with E-state index in [1.165, 1.54) is 64.7 Å². The Bertz CT molecular complexity index is 2140. The van der Waals surface area contributed by atoms with Crippen LogP contribution in [0.1, 0.15) is 22.3 Å². The van der Waals surface area contributed by atoms with E-state index in [2.05, 4.69) is 158 Å². The maximum atomic E-state index is 2.57. The van der Waals surface area contributed by atoms with Crippen molar-refractivity contribution in [2.45, 2.75) is 18.5 Å². The lowest BCUT2D eigenvalue weighted by Gasteiger charge is -2.52. The average Bonchev–Trinajstić information content (AvgIpc) is 3.42. The SMILES string of the molecule is C[Si]1(C)c2ccccc2C2(c3ccccc3N(c3ccccc3)c3ccccc32)c2ccc3sc4ccccc4c3c21. The summed E-state index contributed by atoms with van der Waals surface area (Å²) in [5.41, 5.74) is 8.87. The van der Waals surface area contributed by atoms with E-state index >= 15 is 0 Å². The minimum Gasteiger partial charge on any atom is -0.310 e. The zero-order chi connectivity index (χ0) is 28.1. The molecule has 0 bridgehead atoms. The summed E-state index contributed by atoms with van der Waals surface area (Å²) >= 11 is 1.93. The van der Waals surface area contributed by atoms with Crippen LogP contribution in [-0.4, -0.2) is 8.07 Å². The van der Waals surface area contributed by atoms with Crippen molar-refractivity contribution in [3.63, 3.8) is 0 Å². The molecule has 0 N–H and O–H groups in total. The van der Waals surface area contributed by atoms with Gasteiger partial charge in [0.1, 0.15) is 8.07 Å². The van der Waals surface area contributed by atoms with Gasteiger partial charge >= 0.3 is 0 Å². The summed E-state index contributed by atoms with van der Waals surface area (Å²) in [6.45, 7) is 5.14. The monoisotopic (exact) mass is 571 g/mol. The lowest BCUT2D eigenvalue weighted by atomic mass is 9.62. The summed E-state index contributed by atoms with van der Waals surface area (Å²) in [6, 6.07) is 52.4. The number of benzene rings is 6. The van der Waals surface area contributed by atoms with E-state index in [1.54, 1.807) is 5.19 Å². The fourth-order valence-corrected chi connectivity index (χ4v) is 12.9. The summed E-state index contributed by atoms with van der Waals surface area (Å²) in [7, 11) is -2.12. The molecule has 0 radical (unpaired) electrons. The van der Waals surface area contributed by atoms with Gasteiger partial charge in [0.05, 0.1) is 16.8 Å². The van der Waals surface area contributed by atoms with Crippen molar-refractivity contribution in [2.75, 3.05) is 4.90 Å². The molecule has 0 atom stereocenters. The molecule has 2 aliphatic rings. The van der Waals surface area contributed by atoms with Crippen molar-refractivity contribution in [3.05, 3.63) is 162 Å². The van der Waals surface area contributed by atoms with Crippen LogP contribution in [-0.2, 0) is 5.41 Å². The van der Waals surface area contributed by atoms with E-state index in [-0.39, 0.29) is 0 Å². The molecule has 9 rings (SSSR count). The third-order valence-electron chi connectivity index (χ3n) is 9.69. The van der Waals surface area contributed by atoms with Gasteiger partial charge in [-0.25, -0.2) is 0 Å². The van der Waals surface area contributed by atoms with Gasteiger partial charge in [0, 0.05) is 25.9 Å². The van der Waals surface area contributed by atoms with Crippen LogP contribution in [0.3, 0.4) is 0 Å². The molecular weight excluding hydrogens is 543 g/mol. The average molecular weight is 572 g/mol. The first-order valence-corrected chi connectivity index (χ1v) is 18.5. The molecule has 0 saturated heterocycles. The highest BCUT2D eigenvalue weighted by molar-refractivity contribution is 7.26. The second kappa shape index (κ2) is 8.54. The number of fused-ring (bicyclic) bond motifs is 12. The number of rotatable bonds is 1. The molecule has 7 aromatic rings. The van der Waals surface area contributed by atoms with E-state index in [0.717, 1.165) is 0 Å². The maximum Gasteiger partial charge on any atom is 0.113 e. The smallest absolute Gasteiger partial charge is 0.113 e. The van der Waals surface area contributed by atoms with Gasteiger partial charge in [-0.1, -0.05) is 116 Å². The molecule has 3 heterocycles. The number of nitrogens with zero attached hydrogens (tertiary/aromatic N) is 1. The van der Waals surface area contributed by atoms with Crippen LogP contribution < -0.4 is 15.3 Å². The first kappa shape index (κ1) is 24.2. The second-order valence-electron chi connectivity index (χ2n) is 12.1. The van der Waals surface area contributed by atoms with Crippen LogP contribution in [0.15, 0.2) is 140 Å². The Balaban J connectivity index is 1.52. The molecule has 3 heteroatoms. The number of hydrogen-bond acceptors (Lipinski definition) is 2. The molecule has 0 aliphatic carbocycles. The van der Waals surface area contributed by atoms with Crippen molar-refractivity contribution in [1.29, 1.82) is 0 Å². The van der Waals surface area contributed by atoms with Gasteiger partial charge in [0.15, 0.2) is 0 Å². The molecule has 200 valence electrons. The van der Waals surface area contributed by atoms with Crippen molar-refractivity contribution in [3.8, 4) is 0 Å². The van der Waals surface area contributed by atoms with E-state index in [0.29, 0.717) is 0 Å². The first-order chi connectivity index (χ1) is 20.6. The van der Waals surface area contributed by atoms with Crippen molar-refractivity contribution in [1.82, 2.24) is 0 Å². The normalized spacial score (nSPS) is 15.7. The lowest BCUT2D eigenvalue weighted by molar-refractivity contribution is 0.736. The number of hydrogen-bond donors (Lipinski definition) is 0. The van der Waals surface area contributed by atoms with Crippen LogP contribution in [0, 0.1) is 0 Å². The summed E-state index contributed by atoms with van der Waals surface area (Å²) in [4.78, 5) is 2.47. The summed E-state index contributed by atoms with van der Waals surface area (Å²) in [5.74, 6) is 0. The number of anilines is 3. The molecule has 42 heavy (non-hydrogen) atoms. The van der Waals surface area contributed by atoms with E-state index in [1.807, 2.05) is 11.3 Å². The molecule has 1 nitrogen and oxygen atoms in total. The Kier molecular flexibility index (Phi) is 4.92. The molecule has 0 amide bonds. The summed E-state index contributed by atoms with van der Waals surface area (Å²) in [6.07, 6.45) is 0. The molecular formula is C39H29NSSi. The van der Waals surface area contributed by atoms with E-state index in [9.17, 15) is 0 Å². The van der Waals surface area contributed by atoms with Gasteiger partial charge in [-0.3, -0.25) is 0 Å². The zero-order valence-corrected chi connectivity index (χ0v) is 25.5. The fraction of sp³-hybridized carbons (Fsp3) is 0.0769. The molecule has 0 unspecified atom stereocenters. The maximum absolute atomic E-state index is 2.57. The third-order valence-corrected chi connectivity index (χ3v) is 14.4. The van der Waals surface area contributed by atoms with Crippen LogP contribution in [0.5, 0.6) is 0 Å². The Hall–Kier alpha value is -4.44. The fourth-order valence-electron chi connectivity index (χ4n) is 8.10. The van der Waals surface area contributed by atoms with E-state index in [4.69, 9.17) is 0 Å². The largest absolute Gasteiger partial charge is 0.310 e. The van der Waals surface area contributed by atoms with Crippen LogP contribution in [0.4, 0.5) is 17.1 Å². The third kappa shape index (κ3) is 2.92. The molecule has 1 aromatic heterocycles. The minimum absolute atomic E-state index is 0.426. The highest BCUT2D eigenvalue weighted by atomic mass is 32.1. The van der Waals surface area contributed by atoms with E-state index < -0.39 is 13.5 Å². The van der Waals surface area contributed by atoms with Gasteiger partial charge in [0.25, 0.3) is 0 Å². The number of para-hydroxylation sites is 3. The Morgan fingerprint density at radius 2 is 1.12 bits per heavy atom. The van der Waals surface area contributed by atoms with Crippen LogP contribution in [0.2, 0.25) is 13.1 Å². The molecule has 0 saturated carbocycles. The van der Waals surface area contributed by atoms with Crippen LogP contribution >= 0.6 is 11.3 Å². The first-order valence-electron chi connectivity index (χ1n) is 14.7. The molecule has 1 spiro atoms. The van der Waals surface area contributed by atoms with Gasteiger partial charge < -0.3 is 4.90 Å². The lowest BCUT2D eigenvalue weighted by Crippen LogP contribution is -2.64. The van der Waals surface area contributed by atoms with Gasteiger partial charge in [0.2, 0.25) is 0 Å². The quantitative estimate of drug-likeness (QED) is 0.177. The summed E-state index contributed by atoms with van der Waals surface area (Å²) < 4.78 is 2.77. The molecule has 2 aliphatic heterocycles. The Labute approximate surface area is 251 Å². The number of thiophene rings is 1. The van der Waals surface area contributed by atoms with Gasteiger partial charge in [-0.2, -0.15) is 0 Å². The zero-order valence-electron chi connectivity index (χ0n) is 23.6. The second-order valence-corrected chi connectivity index (χ2v) is 17.5. The Morgan fingerprint density at radius 1 is 0.524 bits per heavy atom. The standard InChI is InChI=1S/C39H29NSSi/c1-42(2)36-23-13-9-19-30(36)39(31-24-25-35-37(38(31)42)27-16-6-12-22-34(27)41-35)28-17-7-10-20-32(28)40(26-14-4-3-5-15-26)33-21-11-8-18-29(33)39/h3-25H,1-2H3. The summed E-state index contributed by atoms with van der Waals surface area (Å²) in [5, 5.41) is 6.00. The molecule has 0 fully saturated rings. The van der Waals surface area contributed by atoms with Crippen molar-refractivity contribution >= 4 is 67.0 Å². The highest BCUT2D eigenvalue weighted by Gasteiger charge is 2.54. The van der Waals surface area contributed by atoms with Gasteiger partial charge in [-0.15, -0.1) is 11.3 Å². The van der Waals surface area contributed by atoms with Gasteiger partial charge in [-0.05, 0) is 69.0 Å². The molecule has 6 aromatic carbocycles. The highest BCUT2D eigenvalue weighted by Crippen LogP contribution is 2.58.